The molecule has 1 heterocycles. The molecule has 0 unspecified atom stereocenters. The second kappa shape index (κ2) is 9.92. The highest BCUT2D eigenvalue weighted by Gasteiger charge is 2.19. The molecule has 168 valence electrons. The number of nitrogen functional groups attached to an aromatic ring is 1. The topological polar surface area (TPSA) is 157 Å². The van der Waals surface area contributed by atoms with Crippen molar-refractivity contribution in [1.29, 1.82) is 0 Å². The first kappa shape index (κ1) is 22.7. The number of nitrogens with two attached hydrogens (primary N) is 2. The third-order valence-electron chi connectivity index (χ3n) is 4.37. The van der Waals surface area contributed by atoms with Crippen LogP contribution < -0.4 is 31.1 Å². The molecule has 3 aromatic rings. The molecule has 5 N–H and O–H groups in total. The summed E-state index contributed by atoms with van der Waals surface area (Å²) in [5.41, 5.74) is 6.69. The maximum atomic E-state index is 12.3. The quantitative estimate of drug-likeness (QED) is 0.319. The van der Waals surface area contributed by atoms with Gasteiger partial charge in [0, 0.05) is 16.8 Å². The number of nitrogens with zero attached hydrogens (tertiary/aromatic N) is 3. The van der Waals surface area contributed by atoms with Gasteiger partial charge in [0.25, 0.3) is 0 Å². The zero-order chi connectivity index (χ0) is 23.3. The summed E-state index contributed by atoms with van der Waals surface area (Å²) in [6, 6.07) is 9.65. The van der Waals surface area contributed by atoms with Gasteiger partial charge in [-0.25, -0.2) is 4.68 Å². The normalized spacial score (nSPS) is 10.5. The van der Waals surface area contributed by atoms with E-state index in [1.54, 1.807) is 24.3 Å². The van der Waals surface area contributed by atoms with Gasteiger partial charge < -0.3 is 31.1 Å². The lowest BCUT2D eigenvalue weighted by molar-refractivity contribution is -0.113. The number of hydrogen-bond acceptors (Lipinski definition) is 9. The van der Waals surface area contributed by atoms with Crippen molar-refractivity contribution in [3.8, 4) is 28.6 Å². The number of amides is 2. The average Bonchev–Trinajstić information content (AvgIpc) is 3.17. The van der Waals surface area contributed by atoms with Crippen LogP contribution in [-0.4, -0.2) is 53.8 Å². The number of nitrogens with one attached hydrogen (secondary N) is 1. The van der Waals surface area contributed by atoms with Crippen molar-refractivity contribution >= 4 is 29.3 Å². The highest BCUT2D eigenvalue weighted by atomic mass is 32.2. The molecule has 0 atom stereocenters. The van der Waals surface area contributed by atoms with E-state index < -0.39 is 5.91 Å². The van der Waals surface area contributed by atoms with Crippen LogP contribution in [0, 0.1) is 0 Å². The Morgan fingerprint density at radius 3 is 2.19 bits per heavy atom. The van der Waals surface area contributed by atoms with Crippen LogP contribution >= 0.6 is 11.8 Å². The zero-order valence-corrected chi connectivity index (χ0v) is 18.4. The molecular formula is C20H22N6O5S. The van der Waals surface area contributed by atoms with E-state index >= 15 is 0 Å². The summed E-state index contributed by atoms with van der Waals surface area (Å²) in [5.74, 6) is 7.07. The number of carbonyl (C=O) groups excluding carboxylic acids is 2. The third kappa shape index (κ3) is 4.86. The molecule has 2 amide bonds. The van der Waals surface area contributed by atoms with Crippen molar-refractivity contribution in [3.05, 3.63) is 42.0 Å². The maximum absolute atomic E-state index is 12.3. The molecule has 0 aliphatic heterocycles. The largest absolute Gasteiger partial charge is 0.493 e. The number of hydrogen-bond donors (Lipinski definition) is 3. The lowest BCUT2D eigenvalue weighted by Gasteiger charge is -2.13. The molecule has 3 rings (SSSR count). The van der Waals surface area contributed by atoms with Crippen molar-refractivity contribution in [2.75, 3.05) is 38.2 Å². The van der Waals surface area contributed by atoms with Gasteiger partial charge in [0.2, 0.25) is 22.7 Å². The monoisotopic (exact) mass is 458 g/mol. The molecule has 2 aromatic carbocycles. The predicted molar refractivity (Wildman–Crippen MR) is 120 cm³/mol. The van der Waals surface area contributed by atoms with E-state index in [-0.39, 0.29) is 11.7 Å². The zero-order valence-electron chi connectivity index (χ0n) is 17.6. The average molecular weight is 459 g/mol. The Kier molecular flexibility index (Phi) is 7.05. The molecule has 0 fully saturated rings. The minimum absolute atomic E-state index is 0.0438. The summed E-state index contributed by atoms with van der Waals surface area (Å²) in [6.07, 6.45) is 0. The first-order chi connectivity index (χ1) is 15.4. The van der Waals surface area contributed by atoms with Crippen LogP contribution in [0.5, 0.6) is 17.2 Å². The number of carbonyl (C=O) groups is 2. The van der Waals surface area contributed by atoms with Crippen molar-refractivity contribution in [3.63, 3.8) is 0 Å². The SMILES string of the molecule is COc1cc(-c2nnc(SCC(=O)Nc3ccc(C(N)=O)cc3)n2N)cc(OC)c1OC. The van der Waals surface area contributed by atoms with E-state index in [1.807, 2.05) is 0 Å². The Labute approximate surface area is 188 Å². The lowest BCUT2D eigenvalue weighted by Crippen LogP contribution is -2.17. The molecule has 0 aliphatic rings. The first-order valence-corrected chi connectivity index (χ1v) is 10.2. The molecule has 32 heavy (non-hydrogen) atoms. The summed E-state index contributed by atoms with van der Waals surface area (Å²) in [7, 11) is 4.53. The Hall–Kier alpha value is -3.93. The van der Waals surface area contributed by atoms with Crippen LogP contribution in [0.25, 0.3) is 11.4 Å². The molecule has 0 radical (unpaired) electrons. The van der Waals surface area contributed by atoms with Crippen LogP contribution in [0.1, 0.15) is 10.4 Å². The van der Waals surface area contributed by atoms with E-state index in [4.69, 9.17) is 25.8 Å². The molecule has 1 aromatic heterocycles. The summed E-state index contributed by atoms with van der Waals surface area (Å²) in [5, 5.41) is 11.2. The predicted octanol–water partition coefficient (Wildman–Crippen LogP) is 1.51. The van der Waals surface area contributed by atoms with Gasteiger partial charge in [0.15, 0.2) is 17.3 Å². The molecule has 0 aliphatic carbocycles. The van der Waals surface area contributed by atoms with Crippen LogP contribution in [0.3, 0.4) is 0 Å². The number of thioether (sulfide) groups is 1. The van der Waals surface area contributed by atoms with E-state index in [1.165, 1.54) is 38.1 Å². The number of anilines is 1. The molecule has 0 saturated heterocycles. The van der Waals surface area contributed by atoms with Crippen LogP contribution in [0.2, 0.25) is 0 Å². The van der Waals surface area contributed by atoms with Crippen LogP contribution in [0.4, 0.5) is 5.69 Å². The van der Waals surface area contributed by atoms with Crippen molar-refractivity contribution in [2.24, 2.45) is 5.73 Å². The van der Waals surface area contributed by atoms with Gasteiger partial charge in [-0.05, 0) is 36.4 Å². The van der Waals surface area contributed by atoms with E-state index in [9.17, 15) is 9.59 Å². The Morgan fingerprint density at radius 2 is 1.66 bits per heavy atom. The molecule has 12 heteroatoms. The number of aromatic nitrogens is 3. The Bertz CT molecular complexity index is 1110. The van der Waals surface area contributed by atoms with Crippen LogP contribution in [-0.2, 0) is 4.79 Å². The third-order valence-corrected chi connectivity index (χ3v) is 5.32. The van der Waals surface area contributed by atoms with Gasteiger partial charge >= 0.3 is 0 Å². The Balaban J connectivity index is 1.71. The van der Waals surface area contributed by atoms with E-state index in [2.05, 4.69) is 15.5 Å². The number of methoxy groups -OCH3 is 3. The van der Waals surface area contributed by atoms with Gasteiger partial charge in [0.05, 0.1) is 27.1 Å². The van der Waals surface area contributed by atoms with Gasteiger partial charge in [-0.2, -0.15) is 0 Å². The summed E-state index contributed by atoms with van der Waals surface area (Å²) >= 11 is 1.12. The highest BCUT2D eigenvalue weighted by Crippen LogP contribution is 2.40. The number of benzene rings is 2. The Morgan fingerprint density at radius 1 is 1.03 bits per heavy atom. The van der Waals surface area contributed by atoms with Gasteiger partial charge in [-0.15, -0.1) is 10.2 Å². The van der Waals surface area contributed by atoms with E-state index in [0.717, 1.165) is 11.8 Å². The van der Waals surface area contributed by atoms with Crippen LogP contribution in [0.15, 0.2) is 41.6 Å². The van der Waals surface area contributed by atoms with Crippen molar-refractivity contribution in [2.45, 2.75) is 5.16 Å². The summed E-state index contributed by atoms with van der Waals surface area (Å²) < 4.78 is 17.3. The fourth-order valence-electron chi connectivity index (χ4n) is 2.83. The smallest absolute Gasteiger partial charge is 0.248 e. The minimum atomic E-state index is -0.538. The van der Waals surface area contributed by atoms with Crippen molar-refractivity contribution in [1.82, 2.24) is 14.9 Å². The standard InChI is InChI=1S/C20H22N6O5S/c1-29-14-8-12(9-15(30-2)17(14)31-3)19-24-25-20(26(19)22)32-10-16(27)23-13-6-4-11(5-7-13)18(21)28/h4-9H,10,22H2,1-3H3,(H2,21,28)(H,23,27). The summed E-state index contributed by atoms with van der Waals surface area (Å²) in [4.78, 5) is 23.4. The molecule has 0 bridgehead atoms. The van der Waals surface area contributed by atoms with E-state index in [0.29, 0.717) is 45.0 Å². The fourth-order valence-corrected chi connectivity index (χ4v) is 3.48. The van der Waals surface area contributed by atoms with Crippen molar-refractivity contribution < 1.29 is 23.8 Å². The minimum Gasteiger partial charge on any atom is -0.493 e. The maximum Gasteiger partial charge on any atom is 0.248 e. The summed E-state index contributed by atoms with van der Waals surface area (Å²) in [6.45, 7) is 0. The van der Waals surface area contributed by atoms with Gasteiger partial charge in [-0.1, -0.05) is 11.8 Å². The number of ether oxygens (including phenoxy) is 3. The second-order valence-corrected chi connectivity index (χ2v) is 7.31. The molecule has 11 nitrogen and oxygen atoms in total. The molecule has 0 saturated carbocycles. The number of primary amides is 1. The first-order valence-electron chi connectivity index (χ1n) is 9.21. The molecular weight excluding hydrogens is 436 g/mol. The second-order valence-electron chi connectivity index (χ2n) is 6.37. The lowest BCUT2D eigenvalue weighted by atomic mass is 10.1. The highest BCUT2D eigenvalue weighted by molar-refractivity contribution is 7.99. The fraction of sp³-hybridized carbons (Fsp3) is 0.200. The number of rotatable bonds is 9. The molecule has 0 spiro atoms. The van der Waals surface area contributed by atoms with Gasteiger partial charge in [-0.3, -0.25) is 9.59 Å². The van der Waals surface area contributed by atoms with Gasteiger partial charge in [0.1, 0.15) is 0 Å².